The highest BCUT2D eigenvalue weighted by atomic mass is 32.8. The molecule has 0 unspecified atom stereocenters. The molecule has 0 aliphatic carbocycles. The van der Waals surface area contributed by atoms with E-state index < -0.39 is 30.4 Å². The van der Waals surface area contributed by atoms with Crippen LogP contribution in [0.1, 0.15) is 20.8 Å². The number of hydrogen-bond acceptors (Lipinski definition) is 7. The van der Waals surface area contributed by atoms with E-state index in [1.54, 1.807) is 0 Å². The van der Waals surface area contributed by atoms with Gasteiger partial charge >= 0.3 is 12.1 Å². The lowest BCUT2D eigenvalue weighted by atomic mass is 10.2. The lowest BCUT2D eigenvalue weighted by molar-refractivity contribution is 0.106. The van der Waals surface area contributed by atoms with Crippen molar-refractivity contribution in [2.75, 3.05) is 20.7 Å². The zero-order valence-corrected chi connectivity index (χ0v) is 14.6. The second-order valence-corrected chi connectivity index (χ2v) is 8.76. The van der Waals surface area contributed by atoms with Crippen molar-refractivity contribution in [2.24, 2.45) is 10.9 Å². The van der Waals surface area contributed by atoms with Gasteiger partial charge in [0.1, 0.15) is 0 Å². The van der Waals surface area contributed by atoms with Crippen LogP contribution in [0.5, 0.6) is 0 Å². The summed E-state index contributed by atoms with van der Waals surface area (Å²) < 4.78 is 27.8. The third-order valence-corrected chi connectivity index (χ3v) is 5.88. The maximum atomic E-state index is 12.1. The van der Waals surface area contributed by atoms with Crippen molar-refractivity contribution in [1.29, 1.82) is 0 Å². The van der Waals surface area contributed by atoms with Crippen LogP contribution >= 0.6 is 0 Å². The summed E-state index contributed by atoms with van der Waals surface area (Å²) in [5, 5.41) is 0.663. The molecule has 1 aliphatic heterocycles. The van der Waals surface area contributed by atoms with Crippen LogP contribution < -0.4 is 5.43 Å². The number of nitrogens with one attached hydrogen (secondary N) is 1. The molecule has 0 fully saturated rings. The largest absolute Gasteiger partial charge is 0.448 e. The van der Waals surface area contributed by atoms with Crippen molar-refractivity contribution in [3.05, 3.63) is 0 Å². The molecule has 0 aromatic carbocycles. The van der Waals surface area contributed by atoms with Gasteiger partial charge in [-0.05, 0) is 5.92 Å². The van der Waals surface area contributed by atoms with Gasteiger partial charge < -0.3 is 9.64 Å². The Labute approximate surface area is 131 Å². The number of urea groups is 1. The van der Waals surface area contributed by atoms with Crippen LogP contribution in [0.2, 0.25) is 0 Å². The number of hydrazine groups is 1. The maximum absolute atomic E-state index is 12.1. The highest BCUT2D eigenvalue weighted by Crippen LogP contribution is 2.06. The molecule has 1 heterocycles. The van der Waals surface area contributed by atoms with Crippen molar-refractivity contribution >= 4 is 40.6 Å². The molecule has 22 heavy (non-hydrogen) atoms. The minimum atomic E-state index is -2.55. The molecule has 1 rings (SSSR count). The lowest BCUT2D eigenvalue weighted by Crippen LogP contribution is -2.44. The number of amidine groups is 1. The van der Waals surface area contributed by atoms with Gasteiger partial charge in [0.15, 0.2) is 0 Å². The zero-order chi connectivity index (χ0) is 17.0. The van der Waals surface area contributed by atoms with Crippen LogP contribution in [0.3, 0.4) is 0 Å². The van der Waals surface area contributed by atoms with Crippen molar-refractivity contribution in [1.82, 2.24) is 15.3 Å². The van der Waals surface area contributed by atoms with Gasteiger partial charge in [0.25, 0.3) is 0 Å². The lowest BCUT2D eigenvalue weighted by Gasteiger charge is -2.21. The Bertz CT molecular complexity index is 694. The van der Waals surface area contributed by atoms with E-state index in [2.05, 4.69) is 10.4 Å². The van der Waals surface area contributed by atoms with E-state index in [1.165, 1.54) is 25.9 Å². The topological polar surface area (TPSA) is 108 Å². The number of nitrogens with zero attached hydrogens (tertiary/aromatic N) is 3. The molecule has 0 radical (unpaired) electrons. The molecule has 3 amide bonds. The first-order chi connectivity index (χ1) is 10.1. The average Bonchev–Trinajstić information content (AvgIpc) is 2.72. The Morgan fingerprint density at radius 3 is 2.45 bits per heavy atom. The fourth-order valence-electron chi connectivity index (χ4n) is 1.33. The molecule has 0 saturated carbocycles. The third kappa shape index (κ3) is 4.45. The van der Waals surface area contributed by atoms with Crippen molar-refractivity contribution in [3.63, 3.8) is 0 Å². The quantitative estimate of drug-likeness (QED) is 0.562. The highest BCUT2D eigenvalue weighted by molar-refractivity contribution is 8.40. The number of hydrogen-bond donors (Lipinski definition) is 1. The van der Waals surface area contributed by atoms with Gasteiger partial charge in [-0.3, -0.25) is 9.04 Å². The first-order valence-corrected chi connectivity index (χ1v) is 9.17. The summed E-state index contributed by atoms with van der Waals surface area (Å²) in [6.07, 6.45) is -0.807. The minimum Gasteiger partial charge on any atom is -0.448 e. The van der Waals surface area contributed by atoms with Crippen LogP contribution in [-0.2, 0) is 23.0 Å². The van der Waals surface area contributed by atoms with Crippen LogP contribution in [0.15, 0.2) is 4.99 Å². The van der Waals surface area contributed by atoms with Gasteiger partial charge in [-0.15, -0.1) is 0 Å². The molecular weight excluding hydrogens is 332 g/mol. The number of rotatable bonds is 2. The molecule has 1 aliphatic rings. The molecule has 0 spiro atoms. The third-order valence-electron chi connectivity index (χ3n) is 2.34. The Balaban J connectivity index is 3.24. The first kappa shape index (κ1) is 18.5. The van der Waals surface area contributed by atoms with E-state index in [-0.39, 0.29) is 17.7 Å². The number of amides is 3. The van der Waals surface area contributed by atoms with Crippen LogP contribution in [0, 0.1) is 5.92 Å². The van der Waals surface area contributed by atoms with E-state index in [9.17, 15) is 18.0 Å². The standard InChI is InChI=1S/C11H19N4O5S2/c1-7(2)6-20-11(17)15-10(12-9(16)14(4)5)21(22(18)19)8(3)13-15/h7,13H,6H2,1-5H3/q-1. The molecule has 0 atom stereocenters. The summed E-state index contributed by atoms with van der Waals surface area (Å²) in [5.74, 6) is 0.118. The molecule has 0 aromatic heterocycles. The van der Waals surface area contributed by atoms with E-state index in [1.807, 2.05) is 13.8 Å². The maximum Gasteiger partial charge on any atom is 0.428 e. The number of aliphatic imine (C=N–C) groups is 1. The number of carbonyl (C=O) groups is 2. The summed E-state index contributed by atoms with van der Waals surface area (Å²) in [7, 11) is -1.12. The van der Waals surface area contributed by atoms with Crippen molar-refractivity contribution in [2.45, 2.75) is 20.8 Å². The zero-order valence-electron chi connectivity index (χ0n) is 13.0. The van der Waals surface area contributed by atoms with Gasteiger partial charge in [0.05, 0.1) is 21.0 Å². The van der Waals surface area contributed by atoms with Crippen LogP contribution in [0.25, 0.3) is 0 Å². The second-order valence-electron chi connectivity index (χ2n) is 5.02. The Hall–Kier alpha value is -1.59. The van der Waals surface area contributed by atoms with Gasteiger partial charge in [-0.25, -0.2) is 33.4 Å². The predicted molar refractivity (Wildman–Crippen MR) is 84.6 cm³/mol. The molecule has 0 aromatic rings. The fraction of sp³-hybridized carbons (Fsp3) is 0.636. The monoisotopic (exact) mass is 351 g/mol. The molecule has 0 bridgehead atoms. The average molecular weight is 351 g/mol. The minimum absolute atomic E-state index is 0.118. The van der Waals surface area contributed by atoms with E-state index in [4.69, 9.17) is 4.74 Å². The number of ether oxygens (including phenoxy) is 1. The predicted octanol–water partition coefficient (Wildman–Crippen LogP) is 0.199. The van der Waals surface area contributed by atoms with Gasteiger partial charge in [-0.2, -0.15) is 0 Å². The molecule has 9 nitrogen and oxygen atoms in total. The van der Waals surface area contributed by atoms with Crippen molar-refractivity contribution < 1.29 is 22.7 Å². The van der Waals surface area contributed by atoms with Gasteiger partial charge in [0.2, 0.25) is 0 Å². The summed E-state index contributed by atoms with van der Waals surface area (Å²) in [6.45, 7) is 5.40. The Morgan fingerprint density at radius 1 is 1.41 bits per heavy atom. The van der Waals surface area contributed by atoms with E-state index in [0.717, 1.165) is 5.01 Å². The van der Waals surface area contributed by atoms with E-state index in [0.29, 0.717) is 4.99 Å². The smallest absolute Gasteiger partial charge is 0.428 e. The van der Waals surface area contributed by atoms with Crippen LogP contribution in [-0.4, -0.2) is 61.3 Å². The Morgan fingerprint density at radius 2 is 2.00 bits per heavy atom. The fourth-order valence-corrected chi connectivity index (χ4v) is 3.97. The van der Waals surface area contributed by atoms with E-state index >= 15 is 0 Å². The highest BCUT2D eigenvalue weighted by Gasteiger charge is 2.23. The van der Waals surface area contributed by atoms with Gasteiger partial charge in [-0.1, -0.05) is 25.8 Å². The SMILES string of the molecule is CC1=[S-](=S(=O)=O)C(=NC(=O)N(C)C)N(C(=O)OCC(C)C)N1. The molecule has 126 valence electrons. The molecule has 11 heteroatoms. The van der Waals surface area contributed by atoms with Crippen LogP contribution in [0.4, 0.5) is 9.59 Å². The number of carbonyl (C=O) groups excluding carboxylic acids is 2. The summed E-state index contributed by atoms with van der Waals surface area (Å²) >= 11 is 0. The van der Waals surface area contributed by atoms with Crippen molar-refractivity contribution in [3.8, 4) is 0 Å². The summed E-state index contributed by atoms with van der Waals surface area (Å²) in [6, 6.07) is -0.670. The Kier molecular flexibility index (Phi) is 6.38. The summed E-state index contributed by atoms with van der Waals surface area (Å²) in [4.78, 5) is 29.0. The molecule has 0 saturated heterocycles. The molecular formula is C11H19N4O5S2-. The summed E-state index contributed by atoms with van der Waals surface area (Å²) in [5.41, 5.74) is 2.60. The second kappa shape index (κ2) is 7.61. The normalized spacial score (nSPS) is 17.3. The first-order valence-electron chi connectivity index (χ1n) is 6.36. The van der Waals surface area contributed by atoms with Gasteiger partial charge in [0, 0.05) is 14.1 Å². The molecule has 1 N–H and O–H groups in total.